The van der Waals surface area contributed by atoms with Crippen molar-refractivity contribution in [3.05, 3.63) is 47.6 Å². The van der Waals surface area contributed by atoms with Crippen molar-refractivity contribution in [3.8, 4) is 0 Å². The van der Waals surface area contributed by atoms with E-state index >= 15 is 0 Å². The van der Waals surface area contributed by atoms with E-state index in [0.29, 0.717) is 43.6 Å². The Balaban J connectivity index is 2.39. The van der Waals surface area contributed by atoms with Crippen LogP contribution in [0.2, 0.25) is 0 Å². The van der Waals surface area contributed by atoms with Crippen LogP contribution in [0.4, 0.5) is 0 Å². The molecule has 2 fully saturated rings. The van der Waals surface area contributed by atoms with E-state index in [2.05, 4.69) is 19.9 Å². The summed E-state index contributed by atoms with van der Waals surface area (Å²) in [5.74, 6) is -2.67. The van der Waals surface area contributed by atoms with Gasteiger partial charge in [-0.1, -0.05) is 56.2 Å². The average Bonchev–Trinajstić information content (AvgIpc) is 2.94. The first kappa shape index (κ1) is 35.4. The van der Waals surface area contributed by atoms with Gasteiger partial charge in [-0.25, -0.2) is 4.79 Å². The van der Waals surface area contributed by atoms with Gasteiger partial charge in [0.15, 0.2) is 5.79 Å². The summed E-state index contributed by atoms with van der Waals surface area (Å²) in [6, 6.07) is 0. The van der Waals surface area contributed by atoms with Crippen molar-refractivity contribution in [1.82, 2.24) is 0 Å². The highest BCUT2D eigenvalue weighted by Crippen LogP contribution is 2.48. The third kappa shape index (κ3) is 11.2. The van der Waals surface area contributed by atoms with Crippen molar-refractivity contribution in [1.29, 1.82) is 0 Å². The van der Waals surface area contributed by atoms with Gasteiger partial charge in [-0.2, -0.15) is 0 Å². The van der Waals surface area contributed by atoms with E-state index in [0.717, 1.165) is 24.8 Å². The number of esters is 2. The molecule has 0 radical (unpaired) electrons. The van der Waals surface area contributed by atoms with Crippen molar-refractivity contribution in [2.24, 2.45) is 5.92 Å². The number of carboxylic acids is 1. The summed E-state index contributed by atoms with van der Waals surface area (Å²) in [5.41, 5.74) is 0.688. The molecule has 42 heavy (non-hydrogen) atoms. The molecule has 6 atom stereocenters. The van der Waals surface area contributed by atoms with Gasteiger partial charge in [-0.15, -0.1) is 0 Å². The van der Waals surface area contributed by atoms with Crippen molar-refractivity contribution < 1.29 is 43.5 Å². The predicted molar refractivity (Wildman–Crippen MR) is 159 cm³/mol. The summed E-state index contributed by atoms with van der Waals surface area (Å²) in [6.07, 6.45) is 14.4. The average molecular weight is 591 g/mol. The molecule has 2 heterocycles. The molecule has 0 unspecified atom stereocenters. The number of aliphatic hydroxyl groups is 1. The van der Waals surface area contributed by atoms with E-state index in [9.17, 15) is 19.5 Å². The summed E-state index contributed by atoms with van der Waals surface area (Å²) in [7, 11) is 1.31. The van der Waals surface area contributed by atoms with E-state index in [-0.39, 0.29) is 18.9 Å². The first-order valence-corrected chi connectivity index (χ1v) is 15.1. The highest BCUT2D eigenvalue weighted by molar-refractivity contribution is 5.83. The van der Waals surface area contributed by atoms with Crippen LogP contribution in [0.5, 0.6) is 0 Å². The van der Waals surface area contributed by atoms with Crippen molar-refractivity contribution in [2.45, 2.75) is 129 Å². The predicted octanol–water partition coefficient (Wildman–Crippen LogP) is 5.96. The summed E-state index contributed by atoms with van der Waals surface area (Å²) in [5, 5.41) is 18.6. The van der Waals surface area contributed by atoms with Crippen molar-refractivity contribution in [2.75, 3.05) is 7.11 Å². The van der Waals surface area contributed by atoms with E-state index in [1.807, 2.05) is 19.1 Å². The maximum absolute atomic E-state index is 12.9. The van der Waals surface area contributed by atoms with Crippen LogP contribution in [-0.4, -0.2) is 64.9 Å². The minimum Gasteiger partial charge on any atom is -0.481 e. The Morgan fingerprint density at radius 3 is 2.45 bits per heavy atom. The van der Waals surface area contributed by atoms with Crippen LogP contribution in [0.25, 0.3) is 0 Å². The lowest BCUT2D eigenvalue weighted by Gasteiger charge is -2.53. The van der Waals surface area contributed by atoms with Crippen LogP contribution in [0.15, 0.2) is 47.6 Å². The van der Waals surface area contributed by atoms with Crippen LogP contribution in [-0.2, 0) is 33.3 Å². The number of carbonyl (C=O) groups is 3. The molecule has 0 aromatic carbocycles. The number of carboxylic acid groups (broad SMARTS) is 1. The topological polar surface area (TPSA) is 129 Å². The molecule has 2 N–H and O–H groups in total. The fraction of sp³-hybridized carbons (Fsp3) is 0.667. The summed E-state index contributed by atoms with van der Waals surface area (Å²) in [4.78, 5) is 35.7. The van der Waals surface area contributed by atoms with E-state index < -0.39 is 41.5 Å². The Labute approximate surface area is 250 Å². The van der Waals surface area contributed by atoms with Gasteiger partial charge in [-0.05, 0) is 64.4 Å². The number of carbonyl (C=O) groups excluding carboxylic acids is 2. The Hall–Kier alpha value is -2.75. The highest BCUT2D eigenvalue weighted by atomic mass is 16.7. The third-order valence-electron chi connectivity index (χ3n) is 7.97. The molecule has 0 aromatic rings. The minimum atomic E-state index is -1.06. The highest BCUT2D eigenvalue weighted by Gasteiger charge is 2.54. The third-order valence-corrected chi connectivity index (χ3v) is 7.97. The lowest BCUT2D eigenvalue weighted by Crippen LogP contribution is -2.59. The molecular weight excluding hydrogens is 540 g/mol. The first-order valence-electron chi connectivity index (χ1n) is 15.1. The van der Waals surface area contributed by atoms with Crippen LogP contribution >= 0.6 is 0 Å². The fourth-order valence-corrected chi connectivity index (χ4v) is 5.38. The molecule has 9 nitrogen and oxygen atoms in total. The molecule has 2 rings (SSSR count). The molecule has 236 valence electrons. The smallest absolute Gasteiger partial charge is 0.330 e. The van der Waals surface area contributed by atoms with Gasteiger partial charge in [0.05, 0.1) is 32.2 Å². The zero-order valence-electron chi connectivity index (χ0n) is 26.1. The lowest BCUT2D eigenvalue weighted by molar-refractivity contribution is -0.344. The Bertz CT molecular complexity index is 1040. The van der Waals surface area contributed by atoms with Gasteiger partial charge in [0, 0.05) is 18.9 Å². The molecule has 2 saturated heterocycles. The molecule has 2 aliphatic heterocycles. The molecule has 0 aliphatic carbocycles. The normalized spacial score (nSPS) is 29.6. The summed E-state index contributed by atoms with van der Waals surface area (Å²) >= 11 is 0. The van der Waals surface area contributed by atoms with Gasteiger partial charge < -0.3 is 29.2 Å². The van der Waals surface area contributed by atoms with Crippen LogP contribution in [0, 0.1) is 5.92 Å². The molecule has 9 heteroatoms. The number of unbranched alkanes of at least 4 members (excludes halogenated alkanes) is 1. The second-order valence-electron chi connectivity index (χ2n) is 11.7. The molecule has 1 spiro atoms. The number of ether oxygens (including phenoxy) is 4. The summed E-state index contributed by atoms with van der Waals surface area (Å²) in [6.45, 7) is 9.70. The number of methoxy groups -OCH3 is 1. The molecule has 0 aromatic heterocycles. The maximum atomic E-state index is 12.9. The Kier molecular flexibility index (Phi) is 14.2. The zero-order chi connectivity index (χ0) is 31.3. The van der Waals surface area contributed by atoms with Gasteiger partial charge in [-0.3, -0.25) is 9.59 Å². The largest absolute Gasteiger partial charge is 0.481 e. The van der Waals surface area contributed by atoms with E-state index in [1.165, 1.54) is 13.2 Å². The number of rotatable bonds is 14. The number of hydrogen-bond acceptors (Lipinski definition) is 8. The minimum absolute atomic E-state index is 0.0829. The molecule has 0 amide bonds. The first-order chi connectivity index (χ1) is 19.8. The van der Waals surface area contributed by atoms with Crippen LogP contribution < -0.4 is 0 Å². The van der Waals surface area contributed by atoms with Crippen LogP contribution in [0.3, 0.4) is 0 Å². The molecular formula is C33H50O9. The second-order valence-corrected chi connectivity index (χ2v) is 11.7. The van der Waals surface area contributed by atoms with E-state index in [4.69, 9.17) is 24.1 Å². The summed E-state index contributed by atoms with van der Waals surface area (Å²) < 4.78 is 24.4. The Morgan fingerprint density at radius 2 is 1.81 bits per heavy atom. The quantitative estimate of drug-likeness (QED) is 0.143. The molecule has 0 saturated carbocycles. The number of aliphatic hydroxyl groups excluding tert-OH is 1. The van der Waals surface area contributed by atoms with Gasteiger partial charge in [0.1, 0.15) is 11.7 Å². The lowest BCUT2D eigenvalue weighted by atomic mass is 9.78. The van der Waals surface area contributed by atoms with Gasteiger partial charge >= 0.3 is 17.9 Å². The van der Waals surface area contributed by atoms with Crippen molar-refractivity contribution in [3.63, 3.8) is 0 Å². The fourth-order valence-electron chi connectivity index (χ4n) is 5.38. The molecule has 2 aliphatic rings. The monoisotopic (exact) mass is 590 g/mol. The van der Waals surface area contributed by atoms with E-state index in [1.54, 1.807) is 26.0 Å². The van der Waals surface area contributed by atoms with Gasteiger partial charge in [0.25, 0.3) is 0 Å². The number of hydrogen-bond donors (Lipinski definition) is 2. The second kappa shape index (κ2) is 16.8. The Morgan fingerprint density at radius 1 is 1.07 bits per heavy atom. The molecule has 0 bridgehead atoms. The standard InChI is InChI=1S/C33H50O9/c1-7-8-18-32(42-30(37)16-15-29(35)36)20-21-33(41-28(32)14-11-24(3)22-31(38)39-6)19-17-25(4)27(40-33)13-10-23(2)9-12-26(5)34/h9-12,14,22,25-28,34H,7-8,13,15-21H2,1-6H3,(H,35,36)/t25-,26+,27+,28-,32+,33-/m0/s1. The zero-order valence-corrected chi connectivity index (χ0v) is 26.1. The number of allylic oxidation sites excluding steroid dienone is 4. The van der Waals surface area contributed by atoms with Gasteiger partial charge in [0.2, 0.25) is 0 Å². The maximum Gasteiger partial charge on any atom is 0.330 e. The number of aliphatic carboxylic acids is 1. The SMILES string of the molecule is CCCC[C@@]1(OC(=O)CCC(=O)O)CC[C@]2(CC[C@H](C)[C@@H](CC=C(C)C=C[C@@H](C)O)O2)O[C@H]1C=CC(C)=CC(=O)OC. The van der Waals surface area contributed by atoms with Crippen LogP contribution in [0.1, 0.15) is 98.8 Å². The van der Waals surface area contributed by atoms with Crippen molar-refractivity contribution >= 4 is 17.9 Å².